The molecule has 0 spiro atoms. The highest BCUT2D eigenvalue weighted by Gasteiger charge is 2.21. The fourth-order valence-electron chi connectivity index (χ4n) is 10.5. The number of fused-ring (bicyclic) bond motifs is 2. The second-order valence-corrected chi connectivity index (χ2v) is 25.9. The van der Waals surface area contributed by atoms with Gasteiger partial charge in [-0.25, -0.2) is 0 Å². The summed E-state index contributed by atoms with van der Waals surface area (Å²) in [5, 5.41) is 2.93. The van der Waals surface area contributed by atoms with Gasteiger partial charge in [0.2, 0.25) is 0 Å². The number of thiophene rings is 5. The first-order chi connectivity index (χ1) is 34.0. The Balaban J connectivity index is 1.19. The van der Waals surface area contributed by atoms with Crippen LogP contribution in [-0.4, -0.2) is 0 Å². The molecule has 0 unspecified atom stereocenters. The fraction of sp³-hybridized carbons (Fsp3) is 0.562. The second kappa shape index (κ2) is 29.2. The molecule has 7 rings (SSSR count). The Morgan fingerprint density at radius 1 is 0.246 bits per heavy atom. The van der Waals surface area contributed by atoms with Gasteiger partial charge >= 0.3 is 0 Å². The molecule has 0 aliphatic heterocycles. The Morgan fingerprint density at radius 3 is 0.870 bits per heavy atom. The van der Waals surface area contributed by atoms with E-state index in [0.717, 1.165) is 0 Å². The maximum absolute atomic E-state index is 2.61. The van der Waals surface area contributed by atoms with E-state index < -0.39 is 0 Å². The molecule has 0 radical (unpaired) electrons. The van der Waals surface area contributed by atoms with Crippen LogP contribution in [0.1, 0.15) is 229 Å². The maximum Gasteiger partial charge on any atom is 0.0481 e. The molecule has 0 saturated heterocycles. The third-order valence-electron chi connectivity index (χ3n) is 14.6. The van der Waals surface area contributed by atoms with Crippen molar-refractivity contribution >= 4 is 76.9 Å². The Bertz CT molecular complexity index is 2290. The minimum absolute atomic E-state index is 1.18. The van der Waals surface area contributed by atoms with Crippen LogP contribution >= 0.6 is 56.7 Å². The zero-order valence-corrected chi connectivity index (χ0v) is 48.1. The van der Waals surface area contributed by atoms with Crippen molar-refractivity contribution in [1.82, 2.24) is 0 Å². The molecule has 0 nitrogen and oxygen atoms in total. The predicted molar refractivity (Wildman–Crippen MR) is 320 cm³/mol. The monoisotopic (exact) mass is 1020 g/mol. The third-order valence-corrected chi connectivity index (χ3v) is 21.0. The standard InChI is InChI=1S/C64H88S5/c1-7-13-19-25-31-47-39-53-45-61(66-57(53)41-49(47)33-27-21-15-9-3)63-51(35-29-23-17-11-5)43-59(68-63)55-37-38-56(65-55)60-44-52(36-30-24-18-12-6)64(69-60)62-46-54-40-48(32-26-20-14-8-2)50(42-58(54)67-62)34-28-22-16-10-4/h37-46H,7-36H2,1-6H3. The molecule has 0 N–H and O–H groups in total. The Labute approximate surface area is 440 Å². The molecule has 69 heavy (non-hydrogen) atoms. The van der Waals surface area contributed by atoms with E-state index in [1.165, 1.54) is 252 Å². The van der Waals surface area contributed by atoms with Crippen LogP contribution in [0.2, 0.25) is 0 Å². The SMILES string of the molecule is CCCCCCc1cc2cc(-c3sc(-c4ccc(-c5cc(CCCCCC)c(-c6cc7cc(CCCCCC)c(CCCCCC)cc7s6)s5)s4)cc3CCCCCC)sc2cc1CCCCCC. The number of aryl methyl sites for hydroxylation is 6. The highest BCUT2D eigenvalue weighted by Crippen LogP contribution is 2.49. The molecule has 374 valence electrons. The van der Waals surface area contributed by atoms with Crippen LogP contribution in [0.15, 0.2) is 60.7 Å². The van der Waals surface area contributed by atoms with Gasteiger partial charge in [-0.05, 0) is 170 Å². The molecule has 5 heteroatoms. The summed E-state index contributed by atoms with van der Waals surface area (Å²) in [4.78, 5) is 11.8. The van der Waals surface area contributed by atoms with Crippen molar-refractivity contribution in [3.63, 3.8) is 0 Å². The lowest BCUT2D eigenvalue weighted by Crippen LogP contribution is -1.95. The summed E-state index contributed by atoms with van der Waals surface area (Å²) in [6.45, 7) is 14.0. The Hall–Kier alpha value is -2.54. The lowest BCUT2D eigenvalue weighted by atomic mass is 9.95. The molecule has 2 aromatic carbocycles. The molecule has 0 bridgehead atoms. The van der Waals surface area contributed by atoms with Gasteiger partial charge in [-0.15, -0.1) is 56.7 Å². The van der Waals surface area contributed by atoms with Crippen LogP contribution in [0, 0.1) is 0 Å². The molecule has 0 aliphatic carbocycles. The van der Waals surface area contributed by atoms with Crippen LogP contribution in [0.4, 0.5) is 0 Å². The minimum Gasteiger partial charge on any atom is -0.134 e. The first kappa shape index (κ1) is 54.2. The van der Waals surface area contributed by atoms with Crippen LogP contribution in [0.5, 0.6) is 0 Å². The van der Waals surface area contributed by atoms with E-state index in [2.05, 4.69) is 148 Å². The zero-order valence-electron chi connectivity index (χ0n) is 44.0. The molecule has 0 amide bonds. The number of benzene rings is 2. The number of rotatable bonds is 34. The summed E-state index contributed by atoms with van der Waals surface area (Å²) in [6, 6.07) is 25.6. The quantitative estimate of drug-likeness (QED) is 0.0353. The van der Waals surface area contributed by atoms with Crippen molar-refractivity contribution in [1.29, 1.82) is 0 Å². The van der Waals surface area contributed by atoms with E-state index in [9.17, 15) is 0 Å². The first-order valence-electron chi connectivity index (χ1n) is 28.4. The highest BCUT2D eigenvalue weighted by molar-refractivity contribution is 7.31. The van der Waals surface area contributed by atoms with Gasteiger partial charge in [-0.2, -0.15) is 0 Å². The van der Waals surface area contributed by atoms with Gasteiger partial charge in [-0.1, -0.05) is 169 Å². The van der Waals surface area contributed by atoms with E-state index in [1.54, 1.807) is 33.4 Å². The molecule has 0 aliphatic rings. The van der Waals surface area contributed by atoms with E-state index in [0.29, 0.717) is 0 Å². The number of hydrogen-bond donors (Lipinski definition) is 0. The average Bonchev–Trinajstić information content (AvgIpc) is 4.22. The Morgan fingerprint density at radius 2 is 0.551 bits per heavy atom. The molecular weight excluding hydrogens is 929 g/mol. The molecule has 0 atom stereocenters. The normalized spacial score (nSPS) is 11.9. The van der Waals surface area contributed by atoms with Gasteiger partial charge in [-0.3, -0.25) is 0 Å². The van der Waals surface area contributed by atoms with Gasteiger partial charge in [0.15, 0.2) is 0 Å². The van der Waals surface area contributed by atoms with E-state index >= 15 is 0 Å². The van der Waals surface area contributed by atoms with Gasteiger partial charge in [0.25, 0.3) is 0 Å². The zero-order chi connectivity index (χ0) is 48.2. The van der Waals surface area contributed by atoms with Crippen molar-refractivity contribution in [2.75, 3.05) is 0 Å². The van der Waals surface area contributed by atoms with E-state index in [-0.39, 0.29) is 0 Å². The Kier molecular flexibility index (Phi) is 23.0. The molecule has 5 aromatic heterocycles. The predicted octanol–water partition coefficient (Wildman–Crippen LogP) is 23.7. The number of hydrogen-bond acceptors (Lipinski definition) is 5. The third kappa shape index (κ3) is 15.5. The van der Waals surface area contributed by atoms with E-state index in [1.807, 2.05) is 11.3 Å². The molecule has 0 saturated carbocycles. The highest BCUT2D eigenvalue weighted by atomic mass is 32.1. The summed E-state index contributed by atoms with van der Waals surface area (Å²) in [5.41, 5.74) is 9.62. The summed E-state index contributed by atoms with van der Waals surface area (Å²) in [7, 11) is 0. The summed E-state index contributed by atoms with van der Waals surface area (Å²) in [6.07, 6.45) is 39.0. The lowest BCUT2D eigenvalue weighted by molar-refractivity contribution is 0.651. The lowest BCUT2D eigenvalue weighted by Gasteiger charge is -2.10. The summed E-state index contributed by atoms with van der Waals surface area (Å²) in [5.74, 6) is 0. The van der Waals surface area contributed by atoms with Gasteiger partial charge in [0.05, 0.1) is 0 Å². The van der Waals surface area contributed by atoms with Gasteiger partial charge in [0, 0.05) is 48.4 Å². The largest absolute Gasteiger partial charge is 0.134 e. The molecule has 7 aromatic rings. The first-order valence-corrected chi connectivity index (χ1v) is 32.5. The smallest absolute Gasteiger partial charge is 0.0481 e. The minimum atomic E-state index is 1.18. The van der Waals surface area contributed by atoms with Crippen LogP contribution in [0.3, 0.4) is 0 Å². The van der Waals surface area contributed by atoms with Gasteiger partial charge in [0.1, 0.15) is 0 Å². The van der Waals surface area contributed by atoms with Crippen molar-refractivity contribution in [3.05, 3.63) is 94.0 Å². The molecular formula is C64H88S5. The van der Waals surface area contributed by atoms with Crippen molar-refractivity contribution in [2.24, 2.45) is 0 Å². The topological polar surface area (TPSA) is 0 Å². The second-order valence-electron chi connectivity index (χ2n) is 20.5. The van der Waals surface area contributed by atoms with E-state index in [4.69, 9.17) is 0 Å². The van der Waals surface area contributed by atoms with Gasteiger partial charge < -0.3 is 0 Å². The number of unbranched alkanes of at least 4 members (excludes halogenated alkanes) is 18. The van der Waals surface area contributed by atoms with Crippen molar-refractivity contribution in [3.8, 4) is 39.0 Å². The van der Waals surface area contributed by atoms with Crippen LogP contribution in [-0.2, 0) is 38.5 Å². The average molecular weight is 1020 g/mol. The molecule has 0 fully saturated rings. The van der Waals surface area contributed by atoms with Crippen LogP contribution in [0.25, 0.3) is 59.2 Å². The van der Waals surface area contributed by atoms with Crippen molar-refractivity contribution in [2.45, 2.75) is 234 Å². The fourth-order valence-corrected chi connectivity index (χ4v) is 16.5. The maximum atomic E-state index is 2.61. The summed E-state index contributed by atoms with van der Waals surface area (Å²) < 4.78 is 2.97. The summed E-state index contributed by atoms with van der Waals surface area (Å²) >= 11 is 10.3. The van der Waals surface area contributed by atoms with Crippen LogP contribution < -0.4 is 0 Å². The molecule has 5 heterocycles. The van der Waals surface area contributed by atoms with Crippen molar-refractivity contribution < 1.29 is 0 Å².